The number of phenolic OH excluding ortho intramolecular Hbond substituents is 1. The van der Waals surface area contributed by atoms with Crippen molar-refractivity contribution in [2.75, 3.05) is 0 Å². The van der Waals surface area contributed by atoms with Crippen LogP contribution in [0.4, 0.5) is 13.2 Å². The van der Waals surface area contributed by atoms with E-state index in [0.29, 0.717) is 0 Å². The Bertz CT molecular complexity index is 1100. The summed E-state index contributed by atoms with van der Waals surface area (Å²) in [6.45, 7) is 0. The molecule has 8 heteroatoms. The number of aromatic hydroxyl groups is 1. The molecule has 3 rings (SSSR count). The molecule has 126 valence electrons. The first-order chi connectivity index (χ1) is 11.7. The Morgan fingerprint density at radius 2 is 1.88 bits per heavy atom. The zero-order valence-electron chi connectivity index (χ0n) is 12.2. The number of fused-ring (bicyclic) bond motifs is 1. The first-order valence-electron chi connectivity index (χ1n) is 6.79. The van der Waals surface area contributed by atoms with Gasteiger partial charge in [0.15, 0.2) is 0 Å². The largest absolute Gasteiger partial charge is 0.508 e. The molecule has 0 amide bonds. The molecule has 0 fully saturated rings. The maximum atomic E-state index is 13.4. The molecule has 0 saturated heterocycles. The fourth-order valence-electron chi connectivity index (χ4n) is 2.41. The molecule has 1 aromatic heterocycles. The molecule has 25 heavy (non-hydrogen) atoms. The molecule has 0 unspecified atom stereocenters. The number of halogens is 4. The highest BCUT2D eigenvalue weighted by molar-refractivity contribution is 6.33. The van der Waals surface area contributed by atoms with E-state index < -0.39 is 28.5 Å². The minimum absolute atomic E-state index is 0.136. The summed E-state index contributed by atoms with van der Waals surface area (Å²) in [6.07, 6.45) is -4.97. The minimum atomic E-state index is -4.97. The SMILES string of the molecule is N#Cc1ccc(-c2c(C(F)(F)F)oc3cc(O)ccc3c2=O)c(Cl)c1. The number of hydrogen-bond acceptors (Lipinski definition) is 4. The maximum absolute atomic E-state index is 13.4. The Kier molecular flexibility index (Phi) is 3.93. The number of benzene rings is 2. The summed E-state index contributed by atoms with van der Waals surface area (Å²) in [5, 5.41) is 17.9. The number of alkyl halides is 3. The minimum Gasteiger partial charge on any atom is -0.508 e. The molecule has 0 aliphatic carbocycles. The molecule has 0 atom stereocenters. The Morgan fingerprint density at radius 1 is 1.16 bits per heavy atom. The highest BCUT2D eigenvalue weighted by Crippen LogP contribution is 2.39. The van der Waals surface area contributed by atoms with E-state index in [9.17, 15) is 23.1 Å². The number of nitrogens with zero attached hydrogens (tertiary/aromatic N) is 1. The van der Waals surface area contributed by atoms with Crippen molar-refractivity contribution in [2.24, 2.45) is 0 Å². The zero-order valence-corrected chi connectivity index (χ0v) is 12.9. The lowest BCUT2D eigenvalue weighted by atomic mass is 10.0. The van der Waals surface area contributed by atoms with Crippen molar-refractivity contribution in [3.8, 4) is 22.9 Å². The molecule has 1 heterocycles. The molecule has 0 aliphatic rings. The van der Waals surface area contributed by atoms with Gasteiger partial charge in [-0.25, -0.2) is 0 Å². The van der Waals surface area contributed by atoms with Gasteiger partial charge in [-0.05, 0) is 24.3 Å². The normalized spacial score (nSPS) is 11.5. The van der Waals surface area contributed by atoms with Gasteiger partial charge in [0.2, 0.25) is 11.2 Å². The number of phenols is 1. The van der Waals surface area contributed by atoms with Gasteiger partial charge in [-0.1, -0.05) is 17.7 Å². The van der Waals surface area contributed by atoms with Gasteiger partial charge >= 0.3 is 6.18 Å². The predicted octanol–water partition coefficient (Wildman–Crippen LogP) is 4.71. The standard InChI is InChI=1S/C17H7ClF3NO3/c18-12-5-8(7-22)1-3-10(12)14-15(24)11-4-2-9(23)6-13(11)25-16(14)17(19,20)21/h1-6,23H. The summed E-state index contributed by atoms with van der Waals surface area (Å²) >= 11 is 5.97. The summed E-state index contributed by atoms with van der Waals surface area (Å²) < 4.78 is 45.2. The second-order valence-corrected chi connectivity index (χ2v) is 5.53. The first-order valence-corrected chi connectivity index (χ1v) is 7.17. The Labute approximate surface area is 143 Å². The average molecular weight is 366 g/mol. The van der Waals surface area contributed by atoms with Crippen LogP contribution in [0.3, 0.4) is 0 Å². The third kappa shape index (κ3) is 2.92. The van der Waals surface area contributed by atoms with E-state index in [-0.39, 0.29) is 27.3 Å². The summed E-state index contributed by atoms with van der Waals surface area (Å²) in [4.78, 5) is 12.6. The van der Waals surface area contributed by atoms with Gasteiger partial charge in [-0.15, -0.1) is 0 Å². The summed E-state index contributed by atoms with van der Waals surface area (Å²) in [5.74, 6) is -1.87. The van der Waals surface area contributed by atoms with E-state index >= 15 is 0 Å². The van der Waals surface area contributed by atoms with Gasteiger partial charge in [-0.2, -0.15) is 18.4 Å². The van der Waals surface area contributed by atoms with Crippen molar-refractivity contribution < 1.29 is 22.7 Å². The molecule has 0 spiro atoms. The maximum Gasteiger partial charge on any atom is 0.450 e. The summed E-state index contributed by atoms with van der Waals surface area (Å²) in [7, 11) is 0. The monoisotopic (exact) mass is 365 g/mol. The smallest absolute Gasteiger partial charge is 0.450 e. The van der Waals surface area contributed by atoms with Crippen LogP contribution in [0.15, 0.2) is 45.6 Å². The number of rotatable bonds is 1. The van der Waals surface area contributed by atoms with Crippen molar-refractivity contribution in [2.45, 2.75) is 6.18 Å². The molecule has 4 nitrogen and oxygen atoms in total. The molecule has 0 radical (unpaired) electrons. The van der Waals surface area contributed by atoms with E-state index in [1.54, 1.807) is 6.07 Å². The molecule has 0 bridgehead atoms. The fraction of sp³-hybridized carbons (Fsp3) is 0.0588. The van der Waals surface area contributed by atoms with Gasteiger partial charge in [-0.3, -0.25) is 4.79 Å². The predicted molar refractivity (Wildman–Crippen MR) is 84.3 cm³/mol. The summed E-state index contributed by atoms with van der Waals surface area (Å²) in [5.41, 5.74) is -2.15. The molecule has 0 saturated carbocycles. The van der Waals surface area contributed by atoms with Crippen LogP contribution < -0.4 is 5.43 Å². The van der Waals surface area contributed by atoms with E-state index in [1.165, 1.54) is 6.07 Å². The molecule has 1 N–H and O–H groups in total. The van der Waals surface area contributed by atoms with Crippen molar-refractivity contribution in [1.82, 2.24) is 0 Å². The second kappa shape index (κ2) is 5.83. The van der Waals surface area contributed by atoms with Crippen molar-refractivity contribution in [1.29, 1.82) is 5.26 Å². The van der Waals surface area contributed by atoms with Gasteiger partial charge in [0.25, 0.3) is 0 Å². The number of nitriles is 1. The Balaban J connectivity index is 2.45. The first kappa shape index (κ1) is 16.9. The van der Waals surface area contributed by atoms with Gasteiger partial charge in [0, 0.05) is 16.7 Å². The zero-order chi connectivity index (χ0) is 18.4. The molecule has 2 aromatic carbocycles. The second-order valence-electron chi connectivity index (χ2n) is 5.12. The third-order valence-electron chi connectivity index (χ3n) is 3.50. The van der Waals surface area contributed by atoms with Crippen molar-refractivity contribution in [3.63, 3.8) is 0 Å². The van der Waals surface area contributed by atoms with Crippen LogP contribution in [-0.2, 0) is 6.18 Å². The van der Waals surface area contributed by atoms with Crippen LogP contribution in [0.1, 0.15) is 11.3 Å². The van der Waals surface area contributed by atoms with Gasteiger partial charge < -0.3 is 9.52 Å². The molecular formula is C17H7ClF3NO3. The average Bonchev–Trinajstić information content (AvgIpc) is 2.54. The van der Waals surface area contributed by atoms with Crippen LogP contribution in [0.2, 0.25) is 5.02 Å². The highest BCUT2D eigenvalue weighted by atomic mass is 35.5. The van der Waals surface area contributed by atoms with Crippen molar-refractivity contribution in [3.05, 3.63) is 63.0 Å². The molecule has 0 aliphatic heterocycles. The van der Waals surface area contributed by atoms with E-state index in [0.717, 1.165) is 30.3 Å². The quantitative estimate of drug-likeness (QED) is 0.677. The highest BCUT2D eigenvalue weighted by Gasteiger charge is 2.39. The van der Waals surface area contributed by atoms with E-state index in [1.807, 2.05) is 0 Å². The lowest BCUT2D eigenvalue weighted by Crippen LogP contribution is -2.16. The van der Waals surface area contributed by atoms with Crippen LogP contribution in [0.25, 0.3) is 22.1 Å². The lowest BCUT2D eigenvalue weighted by molar-refractivity contribution is -0.152. The Morgan fingerprint density at radius 3 is 2.48 bits per heavy atom. The van der Waals surface area contributed by atoms with Crippen LogP contribution >= 0.6 is 11.6 Å². The van der Waals surface area contributed by atoms with Crippen LogP contribution in [0, 0.1) is 11.3 Å². The number of hydrogen-bond donors (Lipinski definition) is 1. The van der Waals surface area contributed by atoms with Gasteiger partial charge in [0.1, 0.15) is 11.3 Å². The molecule has 3 aromatic rings. The van der Waals surface area contributed by atoms with Crippen LogP contribution in [0.5, 0.6) is 5.75 Å². The molecular weight excluding hydrogens is 359 g/mol. The topological polar surface area (TPSA) is 74.2 Å². The third-order valence-corrected chi connectivity index (χ3v) is 3.81. The lowest BCUT2D eigenvalue weighted by Gasteiger charge is -2.13. The summed E-state index contributed by atoms with van der Waals surface area (Å²) in [6, 6.07) is 8.64. The Hall–Kier alpha value is -2.98. The van der Waals surface area contributed by atoms with Crippen molar-refractivity contribution >= 4 is 22.6 Å². The van der Waals surface area contributed by atoms with E-state index in [4.69, 9.17) is 21.3 Å². The van der Waals surface area contributed by atoms with Gasteiger partial charge in [0.05, 0.1) is 22.6 Å². The fourth-order valence-corrected chi connectivity index (χ4v) is 2.69. The van der Waals surface area contributed by atoms with Crippen LogP contribution in [-0.4, -0.2) is 5.11 Å². The van der Waals surface area contributed by atoms with E-state index in [2.05, 4.69) is 0 Å².